The lowest BCUT2D eigenvalue weighted by molar-refractivity contribution is -0.131. The molecule has 3 heterocycles. The SMILES string of the molecule is O=C(NCCc1nc2ccccc2s1)C1(n2cccn2)CCNCC1. The fourth-order valence-corrected chi connectivity index (χ4v) is 4.36. The van der Waals surface area contributed by atoms with E-state index in [1.807, 2.05) is 35.1 Å². The summed E-state index contributed by atoms with van der Waals surface area (Å²) in [6.07, 6.45) is 5.87. The summed E-state index contributed by atoms with van der Waals surface area (Å²) < 4.78 is 3.01. The number of carbonyl (C=O) groups excluding carboxylic acids is 1. The highest BCUT2D eigenvalue weighted by Gasteiger charge is 2.41. The van der Waals surface area contributed by atoms with E-state index in [4.69, 9.17) is 0 Å². The minimum Gasteiger partial charge on any atom is -0.354 e. The van der Waals surface area contributed by atoms with Gasteiger partial charge in [-0.3, -0.25) is 9.48 Å². The molecular formula is C18H21N5OS. The van der Waals surface area contributed by atoms with Crippen molar-refractivity contribution in [2.24, 2.45) is 0 Å². The monoisotopic (exact) mass is 355 g/mol. The first kappa shape index (κ1) is 16.2. The van der Waals surface area contributed by atoms with Gasteiger partial charge < -0.3 is 10.6 Å². The molecule has 4 rings (SSSR count). The lowest BCUT2D eigenvalue weighted by atomic mass is 9.87. The van der Waals surface area contributed by atoms with Gasteiger partial charge in [0.2, 0.25) is 5.91 Å². The standard InChI is InChI=1S/C18H21N5OS/c24-17(18(7-11-19-12-8-18)23-13-3-9-21-23)20-10-6-16-22-14-4-1-2-5-15(14)25-16/h1-5,9,13,19H,6-8,10-12H2,(H,20,24). The first-order chi connectivity index (χ1) is 12.3. The Morgan fingerprint density at radius 3 is 2.88 bits per heavy atom. The van der Waals surface area contributed by atoms with E-state index in [9.17, 15) is 4.79 Å². The summed E-state index contributed by atoms with van der Waals surface area (Å²) in [7, 11) is 0. The minimum absolute atomic E-state index is 0.0545. The number of para-hydroxylation sites is 1. The largest absolute Gasteiger partial charge is 0.354 e. The number of piperidine rings is 1. The first-order valence-electron chi connectivity index (χ1n) is 8.61. The first-order valence-corrected chi connectivity index (χ1v) is 9.43. The Bertz CT molecular complexity index is 818. The topological polar surface area (TPSA) is 71.8 Å². The van der Waals surface area contributed by atoms with Crippen molar-refractivity contribution < 1.29 is 4.79 Å². The second-order valence-corrected chi connectivity index (χ2v) is 7.43. The Balaban J connectivity index is 1.43. The van der Waals surface area contributed by atoms with Crippen molar-refractivity contribution in [2.45, 2.75) is 24.8 Å². The Morgan fingerprint density at radius 2 is 2.12 bits per heavy atom. The number of fused-ring (bicyclic) bond motifs is 1. The van der Waals surface area contributed by atoms with E-state index in [0.717, 1.165) is 42.9 Å². The quantitative estimate of drug-likeness (QED) is 0.734. The number of nitrogens with zero attached hydrogens (tertiary/aromatic N) is 3. The molecule has 0 aliphatic carbocycles. The third kappa shape index (κ3) is 3.17. The fraction of sp³-hybridized carbons (Fsp3) is 0.389. The van der Waals surface area contributed by atoms with Gasteiger partial charge in [-0.05, 0) is 44.1 Å². The summed E-state index contributed by atoms with van der Waals surface area (Å²) in [6.45, 7) is 2.24. The van der Waals surface area contributed by atoms with Crippen LogP contribution in [0.4, 0.5) is 0 Å². The van der Waals surface area contributed by atoms with Crippen molar-refractivity contribution >= 4 is 27.5 Å². The summed E-state index contributed by atoms with van der Waals surface area (Å²) in [6, 6.07) is 10.0. The van der Waals surface area contributed by atoms with Crippen molar-refractivity contribution in [3.63, 3.8) is 0 Å². The second kappa shape index (κ2) is 6.93. The zero-order valence-corrected chi connectivity index (χ0v) is 14.8. The Labute approximate surface area is 150 Å². The van der Waals surface area contributed by atoms with Crippen LogP contribution in [0.5, 0.6) is 0 Å². The summed E-state index contributed by atoms with van der Waals surface area (Å²) in [5.74, 6) is 0.0545. The van der Waals surface area contributed by atoms with Gasteiger partial charge in [-0.25, -0.2) is 4.98 Å². The van der Waals surface area contributed by atoms with Crippen molar-refractivity contribution in [3.05, 3.63) is 47.7 Å². The molecule has 1 aliphatic heterocycles. The van der Waals surface area contributed by atoms with Crippen LogP contribution >= 0.6 is 11.3 Å². The Hall–Kier alpha value is -2.25. The van der Waals surface area contributed by atoms with Crippen LogP contribution in [-0.2, 0) is 16.8 Å². The number of benzene rings is 1. The van der Waals surface area contributed by atoms with Gasteiger partial charge in [-0.2, -0.15) is 5.10 Å². The second-order valence-electron chi connectivity index (χ2n) is 6.31. The molecule has 0 atom stereocenters. The zero-order valence-electron chi connectivity index (χ0n) is 13.9. The maximum Gasteiger partial charge on any atom is 0.248 e. The normalized spacial score (nSPS) is 16.8. The molecule has 1 amide bonds. The molecule has 0 radical (unpaired) electrons. The number of amides is 1. The number of hydrogen-bond acceptors (Lipinski definition) is 5. The lowest BCUT2D eigenvalue weighted by Gasteiger charge is -2.36. The molecule has 25 heavy (non-hydrogen) atoms. The van der Waals surface area contributed by atoms with Crippen molar-refractivity contribution in [2.75, 3.05) is 19.6 Å². The summed E-state index contributed by atoms with van der Waals surface area (Å²) in [5.41, 5.74) is 0.447. The summed E-state index contributed by atoms with van der Waals surface area (Å²) in [5, 5.41) is 11.8. The molecule has 0 unspecified atom stereocenters. The van der Waals surface area contributed by atoms with Crippen LogP contribution in [0.2, 0.25) is 0 Å². The maximum atomic E-state index is 13.0. The maximum absolute atomic E-state index is 13.0. The van der Waals surface area contributed by atoms with E-state index in [1.165, 1.54) is 4.70 Å². The summed E-state index contributed by atoms with van der Waals surface area (Å²) >= 11 is 1.69. The van der Waals surface area contributed by atoms with Gasteiger partial charge in [0.05, 0.1) is 15.2 Å². The van der Waals surface area contributed by atoms with E-state index in [-0.39, 0.29) is 5.91 Å². The van der Waals surface area contributed by atoms with Gasteiger partial charge in [-0.15, -0.1) is 11.3 Å². The van der Waals surface area contributed by atoms with Gasteiger partial charge >= 0.3 is 0 Å². The predicted molar refractivity (Wildman–Crippen MR) is 98.6 cm³/mol. The third-order valence-electron chi connectivity index (χ3n) is 4.76. The molecular weight excluding hydrogens is 334 g/mol. The van der Waals surface area contributed by atoms with Gasteiger partial charge in [0.15, 0.2) is 0 Å². The van der Waals surface area contributed by atoms with E-state index in [1.54, 1.807) is 17.5 Å². The average molecular weight is 355 g/mol. The molecule has 0 spiro atoms. The van der Waals surface area contributed by atoms with Crippen LogP contribution in [0, 0.1) is 0 Å². The van der Waals surface area contributed by atoms with E-state index >= 15 is 0 Å². The molecule has 0 bridgehead atoms. The van der Waals surface area contributed by atoms with Crippen LogP contribution in [0.25, 0.3) is 10.2 Å². The molecule has 1 aliphatic rings. The minimum atomic E-state index is -0.581. The van der Waals surface area contributed by atoms with E-state index in [2.05, 4.69) is 26.8 Å². The molecule has 2 aromatic heterocycles. The van der Waals surface area contributed by atoms with Crippen LogP contribution < -0.4 is 10.6 Å². The highest BCUT2D eigenvalue weighted by molar-refractivity contribution is 7.18. The molecule has 1 saturated heterocycles. The Morgan fingerprint density at radius 1 is 1.28 bits per heavy atom. The number of rotatable bonds is 5. The van der Waals surface area contributed by atoms with Crippen LogP contribution in [0.1, 0.15) is 17.8 Å². The van der Waals surface area contributed by atoms with Crippen LogP contribution in [0.3, 0.4) is 0 Å². The molecule has 1 fully saturated rings. The molecule has 3 aromatic rings. The highest BCUT2D eigenvalue weighted by atomic mass is 32.1. The highest BCUT2D eigenvalue weighted by Crippen LogP contribution is 2.27. The van der Waals surface area contributed by atoms with E-state index < -0.39 is 5.54 Å². The molecule has 0 saturated carbocycles. The summed E-state index contributed by atoms with van der Waals surface area (Å²) in [4.78, 5) is 17.6. The molecule has 7 heteroatoms. The number of thiazole rings is 1. The number of carbonyl (C=O) groups is 1. The van der Waals surface area contributed by atoms with Gasteiger partial charge in [0, 0.05) is 25.4 Å². The van der Waals surface area contributed by atoms with Gasteiger partial charge in [0.25, 0.3) is 0 Å². The number of aromatic nitrogens is 3. The average Bonchev–Trinajstić information content (AvgIpc) is 3.32. The van der Waals surface area contributed by atoms with Crippen molar-refractivity contribution in [1.82, 2.24) is 25.4 Å². The smallest absolute Gasteiger partial charge is 0.248 e. The number of nitrogens with one attached hydrogen (secondary N) is 2. The lowest BCUT2D eigenvalue weighted by Crippen LogP contribution is -2.54. The molecule has 2 N–H and O–H groups in total. The van der Waals surface area contributed by atoms with Gasteiger partial charge in [-0.1, -0.05) is 12.1 Å². The van der Waals surface area contributed by atoms with Crippen LogP contribution in [-0.4, -0.2) is 40.3 Å². The van der Waals surface area contributed by atoms with Crippen molar-refractivity contribution in [1.29, 1.82) is 0 Å². The number of hydrogen-bond donors (Lipinski definition) is 2. The van der Waals surface area contributed by atoms with Gasteiger partial charge in [0.1, 0.15) is 5.54 Å². The molecule has 130 valence electrons. The fourth-order valence-electron chi connectivity index (χ4n) is 3.40. The van der Waals surface area contributed by atoms with Crippen molar-refractivity contribution in [3.8, 4) is 0 Å². The zero-order chi connectivity index (χ0) is 17.1. The third-order valence-corrected chi connectivity index (χ3v) is 5.86. The predicted octanol–water partition coefficient (Wildman–Crippen LogP) is 1.93. The Kier molecular flexibility index (Phi) is 4.50. The van der Waals surface area contributed by atoms with E-state index in [0.29, 0.717) is 6.54 Å². The molecule has 1 aromatic carbocycles. The van der Waals surface area contributed by atoms with Crippen LogP contribution in [0.15, 0.2) is 42.7 Å². The molecule has 6 nitrogen and oxygen atoms in total.